The molecule has 0 aromatic rings. The van der Waals surface area contributed by atoms with Crippen molar-refractivity contribution in [1.82, 2.24) is 10.4 Å². The summed E-state index contributed by atoms with van der Waals surface area (Å²) in [5.74, 6) is 0.695. The van der Waals surface area contributed by atoms with Crippen LogP contribution in [0.5, 0.6) is 0 Å². The van der Waals surface area contributed by atoms with Crippen LogP contribution in [0.2, 0.25) is 0 Å². The summed E-state index contributed by atoms with van der Waals surface area (Å²) in [7, 11) is -0.115. The van der Waals surface area contributed by atoms with Gasteiger partial charge in [-0.15, -0.1) is 0 Å². The van der Waals surface area contributed by atoms with Crippen molar-refractivity contribution in [3.8, 4) is 0 Å². The fraction of sp³-hybridized carbons (Fsp3) is 1.00. The van der Waals surface area contributed by atoms with Crippen LogP contribution in [0, 0.1) is 5.92 Å². The van der Waals surface area contributed by atoms with Crippen molar-refractivity contribution >= 4 is 8.96 Å². The zero-order valence-corrected chi connectivity index (χ0v) is 7.22. The van der Waals surface area contributed by atoms with Crippen LogP contribution in [0.25, 0.3) is 0 Å². The zero-order valence-electron chi connectivity index (χ0n) is 6.22. The van der Waals surface area contributed by atoms with Crippen LogP contribution in [0.4, 0.5) is 0 Å². The highest BCUT2D eigenvalue weighted by atomic mass is 31.1. The molecule has 0 aromatic heterocycles. The van der Waals surface area contributed by atoms with Crippen LogP contribution >= 0.6 is 8.96 Å². The summed E-state index contributed by atoms with van der Waals surface area (Å²) in [6.45, 7) is 4.33. The molecule has 60 valence electrons. The van der Waals surface area contributed by atoms with Gasteiger partial charge in [0.15, 0.2) is 0 Å². The quantitative estimate of drug-likeness (QED) is 0.504. The molecule has 0 aliphatic carbocycles. The van der Waals surface area contributed by atoms with E-state index < -0.39 is 0 Å². The molecular weight excluding hydrogens is 147 g/mol. The average molecular weight is 162 g/mol. The molecule has 1 aliphatic heterocycles. The number of nitrogens with one attached hydrogen (secondary N) is 2. The van der Waals surface area contributed by atoms with Gasteiger partial charge in [0, 0.05) is 12.6 Å². The van der Waals surface area contributed by atoms with Gasteiger partial charge < -0.3 is 10.2 Å². The zero-order chi connectivity index (χ0) is 7.40. The smallest absolute Gasteiger partial charge is 0.0828 e. The third-order valence-electron chi connectivity index (χ3n) is 2.08. The van der Waals surface area contributed by atoms with Crippen LogP contribution < -0.4 is 10.4 Å². The minimum atomic E-state index is -0.115. The monoisotopic (exact) mass is 162 g/mol. The first kappa shape index (κ1) is 8.41. The second-order valence-electron chi connectivity index (χ2n) is 2.83. The first-order valence-corrected chi connectivity index (χ1v) is 4.64. The summed E-state index contributed by atoms with van der Waals surface area (Å²) in [4.78, 5) is 8.63. The van der Waals surface area contributed by atoms with Crippen molar-refractivity contribution in [1.29, 1.82) is 0 Å². The summed E-state index contributed by atoms with van der Waals surface area (Å²) >= 11 is 0. The fourth-order valence-corrected chi connectivity index (χ4v) is 1.82. The second kappa shape index (κ2) is 4.24. The molecule has 3 atom stereocenters. The molecule has 0 amide bonds. The molecule has 3 nitrogen and oxygen atoms in total. The van der Waals surface area contributed by atoms with Crippen molar-refractivity contribution in [2.24, 2.45) is 5.92 Å². The minimum Gasteiger partial charge on any atom is -0.361 e. The van der Waals surface area contributed by atoms with E-state index in [1.165, 1.54) is 6.42 Å². The standard InChI is InChI=1S/C6H15N2OP/c1-5-2-3-7-4-6(5)8-10-9/h5-10H,2-4H2,1H3. The summed E-state index contributed by atoms with van der Waals surface area (Å²) in [5, 5.41) is 6.34. The maximum atomic E-state index is 8.63. The minimum absolute atomic E-state index is 0.115. The molecule has 4 heteroatoms. The lowest BCUT2D eigenvalue weighted by molar-refractivity contribution is 0.328. The fourth-order valence-electron chi connectivity index (χ4n) is 1.27. The molecular formula is C6H15N2OP. The Hall–Kier alpha value is 0.310. The highest BCUT2D eigenvalue weighted by molar-refractivity contribution is 7.28. The molecule has 1 fully saturated rings. The lowest BCUT2D eigenvalue weighted by atomic mass is 9.96. The van der Waals surface area contributed by atoms with E-state index in [9.17, 15) is 0 Å². The SMILES string of the molecule is CC1CCNCC1NPO. The second-order valence-corrected chi connectivity index (χ2v) is 3.34. The third kappa shape index (κ3) is 2.17. The lowest BCUT2D eigenvalue weighted by Crippen LogP contribution is -2.45. The van der Waals surface area contributed by atoms with Gasteiger partial charge in [-0.1, -0.05) is 6.92 Å². The average Bonchev–Trinajstić information content (AvgIpc) is 1.94. The number of piperidine rings is 1. The van der Waals surface area contributed by atoms with Crippen molar-refractivity contribution in [2.75, 3.05) is 13.1 Å². The topological polar surface area (TPSA) is 44.3 Å². The number of hydrogen-bond donors (Lipinski definition) is 3. The Kier molecular flexibility index (Phi) is 3.57. The molecule has 1 rings (SSSR count). The van der Waals surface area contributed by atoms with Crippen molar-refractivity contribution in [2.45, 2.75) is 19.4 Å². The molecule has 0 saturated carbocycles. The highest BCUT2D eigenvalue weighted by Gasteiger charge is 2.19. The Morgan fingerprint density at radius 1 is 1.70 bits per heavy atom. The van der Waals surface area contributed by atoms with E-state index in [4.69, 9.17) is 4.89 Å². The lowest BCUT2D eigenvalue weighted by Gasteiger charge is -2.29. The van der Waals surface area contributed by atoms with E-state index in [1.54, 1.807) is 0 Å². The number of rotatable bonds is 2. The largest absolute Gasteiger partial charge is 0.361 e. The van der Waals surface area contributed by atoms with Gasteiger partial charge in [0.25, 0.3) is 0 Å². The molecule has 3 N–H and O–H groups in total. The van der Waals surface area contributed by atoms with E-state index in [0.29, 0.717) is 12.0 Å². The van der Waals surface area contributed by atoms with Gasteiger partial charge in [0.2, 0.25) is 0 Å². The van der Waals surface area contributed by atoms with Gasteiger partial charge >= 0.3 is 0 Å². The molecule has 10 heavy (non-hydrogen) atoms. The Labute approximate surface area is 63.5 Å². The first-order chi connectivity index (χ1) is 4.84. The van der Waals surface area contributed by atoms with E-state index >= 15 is 0 Å². The van der Waals surface area contributed by atoms with E-state index in [2.05, 4.69) is 17.3 Å². The summed E-state index contributed by atoms with van der Waals surface area (Å²) in [6.07, 6.45) is 1.21. The van der Waals surface area contributed by atoms with Gasteiger partial charge in [0.05, 0.1) is 8.96 Å². The molecule has 0 aromatic carbocycles. The van der Waals surface area contributed by atoms with Crippen molar-refractivity contribution in [3.63, 3.8) is 0 Å². The van der Waals surface area contributed by atoms with Gasteiger partial charge in [-0.05, 0) is 18.9 Å². The molecule has 1 saturated heterocycles. The van der Waals surface area contributed by atoms with E-state index in [0.717, 1.165) is 13.1 Å². The Morgan fingerprint density at radius 3 is 3.10 bits per heavy atom. The Balaban J connectivity index is 2.25. The van der Waals surface area contributed by atoms with Gasteiger partial charge in [-0.3, -0.25) is 5.09 Å². The molecule has 1 heterocycles. The van der Waals surface area contributed by atoms with Crippen LogP contribution in [0.1, 0.15) is 13.3 Å². The molecule has 0 spiro atoms. The maximum Gasteiger partial charge on any atom is 0.0828 e. The Bertz CT molecular complexity index is 99.7. The molecule has 0 bridgehead atoms. The van der Waals surface area contributed by atoms with Gasteiger partial charge in [-0.2, -0.15) is 0 Å². The van der Waals surface area contributed by atoms with E-state index in [1.807, 2.05) is 0 Å². The first-order valence-electron chi connectivity index (χ1n) is 3.70. The highest BCUT2D eigenvalue weighted by Crippen LogP contribution is 2.13. The summed E-state index contributed by atoms with van der Waals surface area (Å²) in [5.41, 5.74) is 0. The summed E-state index contributed by atoms with van der Waals surface area (Å²) in [6, 6.07) is 0.470. The van der Waals surface area contributed by atoms with Crippen LogP contribution in [0.3, 0.4) is 0 Å². The third-order valence-corrected chi connectivity index (χ3v) is 2.58. The van der Waals surface area contributed by atoms with Crippen LogP contribution in [0.15, 0.2) is 0 Å². The van der Waals surface area contributed by atoms with Crippen molar-refractivity contribution in [3.05, 3.63) is 0 Å². The Morgan fingerprint density at radius 2 is 2.50 bits per heavy atom. The van der Waals surface area contributed by atoms with Crippen LogP contribution in [-0.4, -0.2) is 24.0 Å². The predicted octanol–water partition coefficient (Wildman–Crippen LogP) is 0.0748. The maximum absolute atomic E-state index is 8.63. The van der Waals surface area contributed by atoms with Crippen molar-refractivity contribution < 1.29 is 4.89 Å². The van der Waals surface area contributed by atoms with E-state index in [-0.39, 0.29) is 8.96 Å². The van der Waals surface area contributed by atoms with Gasteiger partial charge in [0.1, 0.15) is 0 Å². The normalized spacial score (nSPS) is 35.4. The molecule has 1 aliphatic rings. The predicted molar refractivity (Wildman–Crippen MR) is 44.1 cm³/mol. The molecule has 0 radical (unpaired) electrons. The molecule has 3 unspecified atom stereocenters. The summed E-state index contributed by atoms with van der Waals surface area (Å²) < 4.78 is 0. The van der Waals surface area contributed by atoms with Gasteiger partial charge in [-0.25, -0.2) is 0 Å². The number of hydrogen-bond acceptors (Lipinski definition) is 3. The van der Waals surface area contributed by atoms with Crippen LogP contribution in [-0.2, 0) is 0 Å².